The Labute approximate surface area is 287 Å². The number of benzene rings is 2. The number of fused-ring (bicyclic) bond motifs is 1. The van der Waals surface area contributed by atoms with Gasteiger partial charge in [-0.1, -0.05) is 23.5 Å². The molecule has 0 spiro atoms. The number of rotatable bonds is 16. The average Bonchev–Trinajstić information content (AvgIpc) is 3.65. The van der Waals surface area contributed by atoms with Gasteiger partial charge in [0, 0.05) is 45.8 Å². The number of ether oxygens (including phenoxy) is 5. The molecule has 0 bridgehead atoms. The summed E-state index contributed by atoms with van der Waals surface area (Å²) >= 11 is 1.22. The minimum Gasteiger partial charge on any atom is -0.494 e. The van der Waals surface area contributed by atoms with Crippen LogP contribution in [0.3, 0.4) is 0 Å². The zero-order valence-corrected chi connectivity index (χ0v) is 29.1. The second-order valence-corrected chi connectivity index (χ2v) is 11.6. The van der Waals surface area contributed by atoms with Crippen molar-refractivity contribution < 1.29 is 38.1 Å². The fourth-order valence-electron chi connectivity index (χ4n) is 5.03. The molecule has 0 aliphatic carbocycles. The normalized spacial score (nSPS) is 11.9. The van der Waals surface area contributed by atoms with E-state index in [1.165, 1.54) is 45.8 Å². The number of primary amides is 1. The first kappa shape index (κ1) is 36.6. The molecular weight excluding hydrogens is 654 g/mol. The zero-order chi connectivity index (χ0) is 35.7. The van der Waals surface area contributed by atoms with E-state index in [1.807, 2.05) is 30.6 Å². The van der Waals surface area contributed by atoms with E-state index >= 15 is 0 Å². The van der Waals surface area contributed by atoms with E-state index in [0.29, 0.717) is 68.8 Å². The zero-order valence-electron chi connectivity index (χ0n) is 28.3. The predicted octanol–water partition coefficient (Wildman–Crippen LogP) is 3.50. The van der Waals surface area contributed by atoms with E-state index in [4.69, 9.17) is 35.2 Å². The van der Waals surface area contributed by atoms with Crippen molar-refractivity contribution in [2.45, 2.75) is 39.6 Å². The molecule has 262 valence electrons. The third kappa shape index (κ3) is 8.65. The third-order valence-electron chi connectivity index (χ3n) is 7.41. The lowest BCUT2D eigenvalue weighted by atomic mass is 10.1. The molecule has 4 aromatic rings. The summed E-state index contributed by atoms with van der Waals surface area (Å²) in [4.78, 5) is 42.6. The van der Waals surface area contributed by atoms with Crippen molar-refractivity contribution in [3.63, 3.8) is 0 Å². The van der Waals surface area contributed by atoms with E-state index in [9.17, 15) is 14.4 Å². The first-order valence-corrected chi connectivity index (χ1v) is 16.1. The van der Waals surface area contributed by atoms with Gasteiger partial charge in [0.15, 0.2) is 11.1 Å². The van der Waals surface area contributed by atoms with Gasteiger partial charge in [-0.25, -0.2) is 4.79 Å². The number of carbonyl (C=O) groups excluding carboxylic acids is 3. The predicted molar refractivity (Wildman–Crippen MR) is 185 cm³/mol. The molecular formula is C33H41N7O8S. The van der Waals surface area contributed by atoms with Crippen LogP contribution in [0.5, 0.6) is 11.5 Å². The van der Waals surface area contributed by atoms with Crippen LogP contribution in [0.4, 0.5) is 11.4 Å². The SMILES string of the molecule is CCn1nc(C)cc1C(=O)N=c1sc2cc(C(N)=O)cc(OCCC(OC)OC)c2n1C/C=C/CNc1c(N)cc(C(=O)OC)cc1OC. The Morgan fingerprint density at radius 1 is 1.04 bits per heavy atom. The van der Waals surface area contributed by atoms with Crippen LogP contribution >= 0.6 is 11.3 Å². The number of amides is 2. The van der Waals surface area contributed by atoms with Gasteiger partial charge in [0.2, 0.25) is 5.91 Å². The third-order valence-corrected chi connectivity index (χ3v) is 8.43. The minimum absolute atomic E-state index is 0.206. The molecule has 2 heterocycles. The standard InChI is InChI=1S/C33H41N7O8S/c1-7-40-23(14-19(2)38-40)31(42)37-33-39(12-9-8-11-36-28-22(34)15-21(32(43)47-6)17-24(28)44-3)29-25(48-13-10-27(45-4)46-5)16-20(30(35)41)18-26(29)49-33/h8-9,14-18,27,36H,7,10-13,34H2,1-6H3,(H2,35,41)/b9-8+,37-33?. The molecule has 0 saturated heterocycles. The van der Waals surface area contributed by atoms with Crippen LogP contribution in [0.15, 0.2) is 47.5 Å². The highest BCUT2D eigenvalue weighted by Gasteiger charge is 2.19. The number of allylic oxidation sites excluding steroid dienone is 1. The Kier molecular flexibility index (Phi) is 12.5. The molecule has 2 aromatic heterocycles. The van der Waals surface area contributed by atoms with Crippen molar-refractivity contribution >= 4 is 50.7 Å². The maximum absolute atomic E-state index is 13.5. The Bertz CT molecular complexity index is 1920. The highest BCUT2D eigenvalue weighted by Crippen LogP contribution is 2.33. The van der Waals surface area contributed by atoms with E-state index in [2.05, 4.69) is 15.4 Å². The van der Waals surface area contributed by atoms with E-state index in [0.717, 1.165) is 0 Å². The quantitative estimate of drug-likeness (QED) is 0.0672. The van der Waals surface area contributed by atoms with E-state index in [1.54, 1.807) is 28.9 Å². The number of thiazole rings is 1. The van der Waals surface area contributed by atoms with Crippen LogP contribution in [0.25, 0.3) is 10.2 Å². The highest BCUT2D eigenvalue weighted by atomic mass is 32.1. The van der Waals surface area contributed by atoms with Gasteiger partial charge in [-0.15, -0.1) is 0 Å². The number of anilines is 2. The molecule has 15 nitrogen and oxygen atoms in total. The number of aromatic nitrogens is 3. The monoisotopic (exact) mass is 695 g/mol. The first-order valence-electron chi connectivity index (χ1n) is 15.3. The van der Waals surface area contributed by atoms with Crippen LogP contribution in [0, 0.1) is 6.92 Å². The van der Waals surface area contributed by atoms with Crippen molar-refractivity contribution in [1.29, 1.82) is 0 Å². The van der Waals surface area contributed by atoms with Gasteiger partial charge in [-0.2, -0.15) is 10.1 Å². The Morgan fingerprint density at radius 2 is 1.78 bits per heavy atom. The summed E-state index contributed by atoms with van der Waals surface area (Å²) in [6, 6.07) is 7.97. The summed E-state index contributed by atoms with van der Waals surface area (Å²) < 4.78 is 31.0. The second kappa shape index (κ2) is 16.8. The van der Waals surface area contributed by atoms with Crippen molar-refractivity contribution in [2.24, 2.45) is 10.7 Å². The van der Waals surface area contributed by atoms with Gasteiger partial charge >= 0.3 is 5.97 Å². The van der Waals surface area contributed by atoms with Crippen molar-refractivity contribution in [1.82, 2.24) is 14.3 Å². The fourth-order valence-corrected chi connectivity index (χ4v) is 6.12. The van der Waals surface area contributed by atoms with E-state index in [-0.39, 0.29) is 24.3 Å². The summed E-state index contributed by atoms with van der Waals surface area (Å²) in [7, 11) is 5.83. The Morgan fingerprint density at radius 3 is 2.43 bits per heavy atom. The molecule has 2 aromatic carbocycles. The molecule has 4 rings (SSSR count). The lowest BCUT2D eigenvalue weighted by Crippen LogP contribution is -2.19. The highest BCUT2D eigenvalue weighted by molar-refractivity contribution is 7.16. The van der Waals surface area contributed by atoms with Gasteiger partial charge < -0.3 is 45.0 Å². The van der Waals surface area contributed by atoms with Crippen LogP contribution < -0.4 is 31.1 Å². The number of nitrogens with two attached hydrogens (primary N) is 2. The Balaban J connectivity index is 1.73. The van der Waals surface area contributed by atoms with Crippen molar-refractivity contribution in [2.75, 3.05) is 52.6 Å². The second-order valence-electron chi connectivity index (χ2n) is 10.6. The van der Waals surface area contributed by atoms with Crippen LogP contribution in [-0.4, -0.2) is 80.0 Å². The molecule has 5 N–H and O–H groups in total. The molecule has 0 fully saturated rings. The number of nitrogen functional groups attached to an aromatic ring is 1. The summed E-state index contributed by atoms with van der Waals surface area (Å²) in [5.74, 6) is -0.868. The molecule has 49 heavy (non-hydrogen) atoms. The molecule has 0 aliphatic heterocycles. The lowest BCUT2D eigenvalue weighted by Gasteiger charge is -2.15. The maximum Gasteiger partial charge on any atom is 0.338 e. The molecule has 0 atom stereocenters. The maximum atomic E-state index is 13.5. The minimum atomic E-state index is -0.629. The molecule has 0 unspecified atom stereocenters. The number of carbonyl (C=O) groups is 3. The summed E-state index contributed by atoms with van der Waals surface area (Å²) in [6.45, 7) is 5.02. The van der Waals surface area contributed by atoms with Crippen LogP contribution in [0.1, 0.15) is 50.2 Å². The van der Waals surface area contributed by atoms with Gasteiger partial charge in [0.05, 0.1) is 42.5 Å². The smallest absolute Gasteiger partial charge is 0.338 e. The fraction of sp³-hybridized carbons (Fsp3) is 0.364. The number of methoxy groups -OCH3 is 4. The number of hydrogen-bond acceptors (Lipinski definition) is 12. The van der Waals surface area contributed by atoms with Crippen LogP contribution in [0.2, 0.25) is 0 Å². The molecule has 0 saturated carbocycles. The summed E-state index contributed by atoms with van der Waals surface area (Å²) in [6.07, 6.45) is 3.67. The van der Waals surface area contributed by atoms with E-state index < -0.39 is 24.1 Å². The Hall–Kier alpha value is -5.19. The van der Waals surface area contributed by atoms with Crippen molar-refractivity contribution in [3.8, 4) is 11.5 Å². The average molecular weight is 696 g/mol. The topological polar surface area (TPSA) is 197 Å². The largest absolute Gasteiger partial charge is 0.494 e. The number of hydrogen-bond donors (Lipinski definition) is 3. The summed E-state index contributed by atoms with van der Waals surface area (Å²) in [5, 5.41) is 7.59. The van der Waals surface area contributed by atoms with Gasteiger partial charge in [-0.05, 0) is 44.2 Å². The molecule has 2 amide bonds. The molecule has 0 aliphatic rings. The van der Waals surface area contributed by atoms with Crippen LogP contribution in [-0.2, 0) is 27.3 Å². The number of aryl methyl sites for hydroxylation is 2. The molecule has 16 heteroatoms. The van der Waals surface area contributed by atoms with Gasteiger partial charge in [0.1, 0.15) is 28.4 Å². The number of nitrogens with one attached hydrogen (secondary N) is 1. The van der Waals surface area contributed by atoms with Gasteiger partial charge in [0.25, 0.3) is 5.91 Å². The molecule has 0 radical (unpaired) electrons. The number of nitrogens with zero attached hydrogens (tertiary/aromatic N) is 4. The lowest BCUT2D eigenvalue weighted by molar-refractivity contribution is -0.110. The van der Waals surface area contributed by atoms with Crippen molar-refractivity contribution in [3.05, 3.63) is 69.8 Å². The summed E-state index contributed by atoms with van der Waals surface area (Å²) in [5.41, 5.74) is 14.9. The first-order chi connectivity index (χ1) is 23.5. The van der Waals surface area contributed by atoms with Gasteiger partial charge in [-0.3, -0.25) is 14.3 Å². The number of esters is 1.